The number of ether oxygens (including phenoxy) is 1. The second-order valence-corrected chi connectivity index (χ2v) is 8.74. The zero-order valence-corrected chi connectivity index (χ0v) is 18.7. The second kappa shape index (κ2) is 10.8. The van der Waals surface area contributed by atoms with Crippen molar-refractivity contribution in [1.82, 2.24) is 14.8 Å². The Balaban J connectivity index is 1.64. The van der Waals surface area contributed by atoms with Crippen LogP contribution in [0, 0.1) is 25.2 Å². The predicted octanol–water partition coefficient (Wildman–Crippen LogP) is 3.74. The van der Waals surface area contributed by atoms with E-state index in [0.717, 1.165) is 50.3 Å². The number of nitriles is 1. The Hall–Kier alpha value is -2.10. The number of likely N-dealkylation sites (tertiary alicyclic amines) is 1. The van der Waals surface area contributed by atoms with Gasteiger partial charge in [0.1, 0.15) is 11.6 Å². The van der Waals surface area contributed by atoms with Crippen molar-refractivity contribution in [3.05, 3.63) is 28.6 Å². The van der Waals surface area contributed by atoms with E-state index in [1.807, 2.05) is 0 Å². The number of nitrogens with one attached hydrogen (secondary N) is 1. The highest BCUT2D eigenvalue weighted by atomic mass is 16.5. The van der Waals surface area contributed by atoms with Gasteiger partial charge in [0, 0.05) is 50.2 Å². The maximum Gasteiger partial charge on any atom is 0.262 e. The molecule has 0 atom stereocenters. The average Bonchev–Trinajstić information content (AvgIpc) is 3.04. The summed E-state index contributed by atoms with van der Waals surface area (Å²) in [6.07, 6.45) is 9.90. The van der Waals surface area contributed by atoms with Crippen molar-refractivity contribution in [2.75, 3.05) is 33.4 Å². The predicted molar refractivity (Wildman–Crippen MR) is 119 cm³/mol. The van der Waals surface area contributed by atoms with Crippen LogP contribution in [0.2, 0.25) is 0 Å². The number of piperidine rings is 1. The van der Waals surface area contributed by atoms with Crippen LogP contribution in [0.4, 0.5) is 0 Å². The Kier molecular flexibility index (Phi) is 8.12. The molecule has 1 saturated carbocycles. The molecule has 2 aliphatic rings. The normalized spacial score (nSPS) is 19.6. The van der Waals surface area contributed by atoms with Crippen molar-refractivity contribution in [3.63, 3.8) is 0 Å². The lowest BCUT2D eigenvalue weighted by Crippen LogP contribution is -2.45. The first-order valence-corrected chi connectivity index (χ1v) is 11.4. The van der Waals surface area contributed by atoms with E-state index >= 15 is 0 Å². The number of methoxy groups -OCH3 is 1. The molecule has 3 rings (SSSR count). The smallest absolute Gasteiger partial charge is 0.262 e. The van der Waals surface area contributed by atoms with E-state index in [1.54, 1.807) is 13.2 Å². The lowest BCUT2D eigenvalue weighted by molar-refractivity contribution is -0.118. The molecule has 0 spiro atoms. The molecule has 2 fully saturated rings. The van der Waals surface area contributed by atoms with Gasteiger partial charge in [0.2, 0.25) is 0 Å². The van der Waals surface area contributed by atoms with E-state index in [1.165, 1.54) is 37.8 Å². The number of nitrogens with zero attached hydrogens (tertiary/aromatic N) is 3. The molecule has 1 N–H and O–H groups in total. The third kappa shape index (κ3) is 5.53. The zero-order valence-electron chi connectivity index (χ0n) is 18.7. The van der Waals surface area contributed by atoms with Crippen molar-refractivity contribution < 1.29 is 9.53 Å². The average molecular weight is 413 g/mol. The summed E-state index contributed by atoms with van der Waals surface area (Å²) in [5.41, 5.74) is 3.55. The topological polar surface area (TPSA) is 70.3 Å². The Labute approximate surface area is 180 Å². The first-order valence-electron chi connectivity index (χ1n) is 11.4. The summed E-state index contributed by atoms with van der Waals surface area (Å²) in [5.74, 6) is -0.254. The number of carbonyl (C=O) groups is 1. The van der Waals surface area contributed by atoms with Gasteiger partial charge in [-0.2, -0.15) is 5.26 Å². The Morgan fingerprint density at radius 1 is 1.23 bits per heavy atom. The summed E-state index contributed by atoms with van der Waals surface area (Å²) in [6, 6.07) is 4.91. The molecule has 0 aromatic carbocycles. The van der Waals surface area contributed by atoms with Crippen molar-refractivity contribution >= 4 is 12.0 Å². The first-order chi connectivity index (χ1) is 14.5. The van der Waals surface area contributed by atoms with Crippen molar-refractivity contribution in [2.24, 2.45) is 0 Å². The van der Waals surface area contributed by atoms with Crippen LogP contribution in [0.3, 0.4) is 0 Å². The van der Waals surface area contributed by atoms with Crippen molar-refractivity contribution in [2.45, 2.75) is 70.9 Å². The van der Waals surface area contributed by atoms with Crippen LogP contribution in [-0.4, -0.2) is 54.8 Å². The molecule has 1 aliphatic heterocycles. The minimum Gasteiger partial charge on any atom is -0.383 e. The molecule has 6 heteroatoms. The quantitative estimate of drug-likeness (QED) is 0.547. The lowest BCUT2D eigenvalue weighted by Gasteiger charge is -2.32. The van der Waals surface area contributed by atoms with Crippen LogP contribution < -0.4 is 5.32 Å². The molecule has 1 aliphatic carbocycles. The van der Waals surface area contributed by atoms with E-state index in [0.29, 0.717) is 6.04 Å². The summed E-state index contributed by atoms with van der Waals surface area (Å²) in [4.78, 5) is 15.1. The Morgan fingerprint density at radius 3 is 2.57 bits per heavy atom. The van der Waals surface area contributed by atoms with Gasteiger partial charge in [0.15, 0.2) is 0 Å². The van der Waals surface area contributed by atoms with E-state index in [9.17, 15) is 10.1 Å². The fourth-order valence-corrected chi connectivity index (χ4v) is 4.94. The maximum atomic E-state index is 12.8. The summed E-state index contributed by atoms with van der Waals surface area (Å²) < 4.78 is 7.55. The van der Waals surface area contributed by atoms with E-state index in [4.69, 9.17) is 4.74 Å². The summed E-state index contributed by atoms with van der Waals surface area (Å²) in [5, 5.41) is 12.7. The summed E-state index contributed by atoms with van der Waals surface area (Å²) in [6.45, 7) is 7.79. The fourth-order valence-electron chi connectivity index (χ4n) is 4.94. The van der Waals surface area contributed by atoms with Gasteiger partial charge in [-0.05, 0) is 57.2 Å². The first kappa shape index (κ1) is 22.6. The molecule has 164 valence electrons. The highest BCUT2D eigenvalue weighted by Gasteiger charge is 2.23. The molecule has 1 aromatic rings. The number of aromatic nitrogens is 1. The third-order valence-electron chi connectivity index (χ3n) is 6.66. The molecule has 1 saturated heterocycles. The molecular formula is C24H36N4O2. The number of hydrogen-bond acceptors (Lipinski definition) is 4. The van der Waals surface area contributed by atoms with Gasteiger partial charge in [0.05, 0.1) is 6.61 Å². The second-order valence-electron chi connectivity index (χ2n) is 8.74. The van der Waals surface area contributed by atoms with E-state index in [2.05, 4.69) is 40.8 Å². The molecule has 2 heterocycles. The molecular weight excluding hydrogens is 376 g/mol. The molecule has 0 bridgehead atoms. The van der Waals surface area contributed by atoms with E-state index in [-0.39, 0.29) is 17.5 Å². The SMILES string of the molecule is COCCN1CCC(NC(=O)/C(C#N)=C/c2cc(C)n(C3CCCCC3)c2C)CC1. The monoisotopic (exact) mass is 412 g/mol. The van der Waals surface area contributed by atoms with Gasteiger partial charge < -0.3 is 19.5 Å². The molecule has 0 unspecified atom stereocenters. The number of hydrogen-bond donors (Lipinski definition) is 1. The largest absolute Gasteiger partial charge is 0.383 e. The summed E-state index contributed by atoms with van der Waals surface area (Å²) in [7, 11) is 1.72. The van der Waals surface area contributed by atoms with Gasteiger partial charge >= 0.3 is 0 Å². The number of carbonyl (C=O) groups excluding carboxylic acids is 1. The van der Waals surface area contributed by atoms with Gasteiger partial charge in [-0.1, -0.05) is 19.3 Å². The lowest BCUT2D eigenvalue weighted by atomic mass is 9.95. The molecule has 30 heavy (non-hydrogen) atoms. The molecule has 1 amide bonds. The van der Waals surface area contributed by atoms with Crippen LogP contribution in [0.1, 0.15) is 67.9 Å². The molecule has 0 radical (unpaired) electrons. The maximum absolute atomic E-state index is 12.8. The van der Waals surface area contributed by atoms with E-state index < -0.39 is 0 Å². The standard InChI is InChI=1S/C24H36N4O2/c1-18-15-20(19(2)28(18)23-7-5-4-6-8-23)16-21(17-25)24(29)26-22-9-11-27(12-10-22)13-14-30-3/h15-16,22-23H,4-14H2,1-3H3,(H,26,29)/b21-16+. The van der Waals surface area contributed by atoms with Gasteiger partial charge in [-0.3, -0.25) is 4.79 Å². The van der Waals surface area contributed by atoms with Crippen molar-refractivity contribution in [1.29, 1.82) is 5.26 Å². The Morgan fingerprint density at radius 2 is 1.93 bits per heavy atom. The van der Waals surface area contributed by atoms with Crippen LogP contribution >= 0.6 is 0 Å². The third-order valence-corrected chi connectivity index (χ3v) is 6.66. The van der Waals surface area contributed by atoms with Gasteiger partial charge in [0.25, 0.3) is 5.91 Å². The molecule has 1 aromatic heterocycles. The number of rotatable bonds is 7. The minimum absolute atomic E-state index is 0.128. The summed E-state index contributed by atoms with van der Waals surface area (Å²) >= 11 is 0. The highest BCUT2D eigenvalue weighted by molar-refractivity contribution is 6.02. The van der Waals surface area contributed by atoms with Crippen LogP contribution in [0.25, 0.3) is 6.08 Å². The van der Waals surface area contributed by atoms with Crippen molar-refractivity contribution in [3.8, 4) is 6.07 Å². The van der Waals surface area contributed by atoms with Crippen LogP contribution in [0.15, 0.2) is 11.6 Å². The van der Waals surface area contributed by atoms with Crippen LogP contribution in [-0.2, 0) is 9.53 Å². The fraction of sp³-hybridized carbons (Fsp3) is 0.667. The Bertz CT molecular complexity index is 791. The van der Waals surface area contributed by atoms with Crippen LogP contribution in [0.5, 0.6) is 0 Å². The van der Waals surface area contributed by atoms with Gasteiger partial charge in [-0.15, -0.1) is 0 Å². The highest BCUT2D eigenvalue weighted by Crippen LogP contribution is 2.32. The minimum atomic E-state index is -0.254. The molecule has 6 nitrogen and oxygen atoms in total. The van der Waals surface area contributed by atoms with Gasteiger partial charge in [-0.25, -0.2) is 0 Å². The number of aryl methyl sites for hydroxylation is 1. The number of amides is 1. The zero-order chi connectivity index (χ0) is 21.5.